The first-order valence-electron chi connectivity index (χ1n) is 7.28. The summed E-state index contributed by atoms with van der Waals surface area (Å²) in [6, 6.07) is 2.66. The normalized spacial score (nSPS) is 12.1. The molecule has 146 valence electrons. The number of rotatable bonds is 2. The lowest BCUT2D eigenvalue weighted by molar-refractivity contribution is -0.137. The Morgan fingerprint density at radius 2 is 1.78 bits per heavy atom. The SMILES string of the molecule is CCn1cc(C(=O)NNC(=O)C(Cl)(Cl)Cl)c(=O)c2cc(C(F)(F)F)ccc21. The quantitative estimate of drug-likeness (QED) is 0.552. The van der Waals surface area contributed by atoms with Gasteiger partial charge in [0.25, 0.3) is 15.6 Å². The lowest BCUT2D eigenvalue weighted by Crippen LogP contribution is -2.47. The van der Waals surface area contributed by atoms with Gasteiger partial charge in [-0.3, -0.25) is 25.2 Å². The Labute approximate surface area is 165 Å². The van der Waals surface area contributed by atoms with E-state index in [-0.39, 0.29) is 17.4 Å². The van der Waals surface area contributed by atoms with E-state index < -0.39 is 38.3 Å². The summed E-state index contributed by atoms with van der Waals surface area (Å²) in [5.74, 6) is -2.26. The highest BCUT2D eigenvalue weighted by atomic mass is 35.6. The number of aromatic nitrogens is 1. The summed E-state index contributed by atoms with van der Waals surface area (Å²) in [6.07, 6.45) is -3.50. The van der Waals surface area contributed by atoms with Crippen LogP contribution < -0.4 is 16.3 Å². The number of fused-ring (bicyclic) bond motifs is 1. The lowest BCUT2D eigenvalue weighted by atomic mass is 10.1. The molecule has 1 aromatic heterocycles. The fourth-order valence-corrected chi connectivity index (χ4v) is 2.39. The fraction of sp³-hybridized carbons (Fsp3) is 0.267. The molecule has 0 aliphatic rings. The summed E-state index contributed by atoms with van der Waals surface area (Å²) in [4.78, 5) is 36.2. The Morgan fingerprint density at radius 1 is 1.15 bits per heavy atom. The molecule has 1 heterocycles. The molecule has 0 bridgehead atoms. The summed E-state index contributed by atoms with van der Waals surface area (Å²) in [5, 5.41) is -0.299. The minimum absolute atomic E-state index is 0.220. The van der Waals surface area contributed by atoms with Gasteiger partial charge in [-0.25, -0.2) is 0 Å². The first-order chi connectivity index (χ1) is 12.4. The number of amides is 2. The number of hydrogen-bond donors (Lipinski definition) is 2. The number of benzene rings is 1. The molecule has 0 saturated carbocycles. The van der Waals surface area contributed by atoms with Crippen molar-refractivity contribution in [2.24, 2.45) is 0 Å². The van der Waals surface area contributed by atoms with E-state index in [1.165, 1.54) is 4.57 Å². The molecule has 0 saturated heterocycles. The van der Waals surface area contributed by atoms with Crippen LogP contribution in [-0.2, 0) is 17.5 Å². The van der Waals surface area contributed by atoms with Crippen molar-refractivity contribution in [1.82, 2.24) is 15.4 Å². The van der Waals surface area contributed by atoms with Gasteiger partial charge in [0, 0.05) is 18.1 Å². The monoisotopic (exact) mass is 443 g/mol. The summed E-state index contributed by atoms with van der Waals surface area (Å²) in [5.41, 5.74) is 1.44. The molecule has 0 radical (unpaired) electrons. The van der Waals surface area contributed by atoms with Gasteiger partial charge in [-0.1, -0.05) is 34.8 Å². The summed E-state index contributed by atoms with van der Waals surface area (Å²) in [7, 11) is 0. The molecule has 1 aromatic carbocycles. The van der Waals surface area contributed by atoms with Crippen molar-refractivity contribution in [2.45, 2.75) is 23.4 Å². The van der Waals surface area contributed by atoms with Crippen molar-refractivity contribution in [2.75, 3.05) is 0 Å². The minimum atomic E-state index is -4.66. The Kier molecular flexibility index (Phi) is 5.98. The second kappa shape index (κ2) is 7.57. The van der Waals surface area contributed by atoms with Crippen LogP contribution in [0.3, 0.4) is 0 Å². The zero-order valence-electron chi connectivity index (χ0n) is 13.5. The molecule has 0 unspecified atom stereocenters. The number of halogens is 6. The zero-order valence-corrected chi connectivity index (χ0v) is 15.7. The van der Waals surface area contributed by atoms with Gasteiger partial charge in [-0.2, -0.15) is 13.2 Å². The van der Waals surface area contributed by atoms with Crippen molar-refractivity contribution < 1.29 is 22.8 Å². The minimum Gasteiger partial charge on any atom is -0.347 e. The van der Waals surface area contributed by atoms with Crippen molar-refractivity contribution >= 4 is 57.5 Å². The first kappa shape index (κ1) is 21.3. The third-order valence-electron chi connectivity index (χ3n) is 3.54. The molecule has 2 N–H and O–H groups in total. The van der Waals surface area contributed by atoms with Gasteiger partial charge in [0.15, 0.2) is 0 Å². The third kappa shape index (κ3) is 4.66. The van der Waals surface area contributed by atoms with E-state index in [4.69, 9.17) is 34.8 Å². The van der Waals surface area contributed by atoms with Crippen LogP contribution >= 0.6 is 34.8 Å². The van der Waals surface area contributed by atoms with Crippen LogP contribution in [-0.4, -0.2) is 20.2 Å². The van der Waals surface area contributed by atoms with E-state index in [0.717, 1.165) is 18.3 Å². The molecular formula is C15H11Cl3F3N3O3. The number of pyridine rings is 1. The molecule has 6 nitrogen and oxygen atoms in total. The van der Waals surface area contributed by atoms with Crippen molar-refractivity contribution in [3.05, 3.63) is 45.7 Å². The number of aryl methyl sites for hydroxylation is 1. The zero-order chi connectivity index (χ0) is 20.6. The highest BCUT2D eigenvalue weighted by Crippen LogP contribution is 2.31. The number of nitrogens with one attached hydrogen (secondary N) is 2. The van der Waals surface area contributed by atoms with Gasteiger partial charge in [0.1, 0.15) is 5.56 Å². The van der Waals surface area contributed by atoms with E-state index >= 15 is 0 Å². The van der Waals surface area contributed by atoms with Gasteiger partial charge in [0.2, 0.25) is 5.43 Å². The third-order valence-corrected chi connectivity index (χ3v) is 4.05. The molecular weight excluding hydrogens is 434 g/mol. The van der Waals surface area contributed by atoms with Crippen LogP contribution in [0.1, 0.15) is 22.8 Å². The molecule has 2 rings (SSSR count). The van der Waals surface area contributed by atoms with Crippen LogP contribution in [0.15, 0.2) is 29.2 Å². The van der Waals surface area contributed by atoms with Crippen LogP contribution in [0.2, 0.25) is 0 Å². The first-order valence-corrected chi connectivity index (χ1v) is 8.41. The van der Waals surface area contributed by atoms with Crippen LogP contribution in [0.4, 0.5) is 13.2 Å². The van der Waals surface area contributed by atoms with Crippen LogP contribution in [0.5, 0.6) is 0 Å². The maximum Gasteiger partial charge on any atom is 0.416 e. The van der Waals surface area contributed by atoms with Gasteiger partial charge in [0.05, 0.1) is 11.1 Å². The largest absolute Gasteiger partial charge is 0.416 e. The van der Waals surface area contributed by atoms with Crippen molar-refractivity contribution in [1.29, 1.82) is 0 Å². The van der Waals surface area contributed by atoms with Gasteiger partial charge >= 0.3 is 6.18 Å². The molecule has 2 aromatic rings. The van der Waals surface area contributed by atoms with Crippen LogP contribution in [0.25, 0.3) is 10.9 Å². The molecule has 0 aliphatic carbocycles. The standard InChI is InChI=1S/C15H11Cl3F3N3O3/c1-2-24-6-9(12(26)22-23-13(27)14(16,17)18)11(25)8-5-7(15(19,20)21)3-4-10(8)24/h3-6H,2H2,1H3,(H,22,26)(H,23,27). The Hall–Kier alpha value is -1.97. The average molecular weight is 445 g/mol. The van der Waals surface area contributed by atoms with E-state index in [2.05, 4.69) is 0 Å². The van der Waals surface area contributed by atoms with E-state index in [9.17, 15) is 27.6 Å². The topological polar surface area (TPSA) is 80.2 Å². The van der Waals surface area contributed by atoms with Crippen molar-refractivity contribution in [3.63, 3.8) is 0 Å². The Balaban J connectivity index is 2.51. The van der Waals surface area contributed by atoms with Gasteiger partial charge in [-0.05, 0) is 25.1 Å². The second-order valence-electron chi connectivity index (χ2n) is 5.29. The number of nitrogens with zero attached hydrogens (tertiary/aromatic N) is 1. The number of hydrazine groups is 1. The van der Waals surface area contributed by atoms with E-state index in [1.807, 2.05) is 5.43 Å². The Bertz CT molecular complexity index is 968. The number of carbonyl (C=O) groups is 2. The van der Waals surface area contributed by atoms with Crippen molar-refractivity contribution in [3.8, 4) is 0 Å². The van der Waals surface area contributed by atoms with Crippen LogP contribution in [0, 0.1) is 0 Å². The summed E-state index contributed by atoms with van der Waals surface area (Å²) in [6.45, 7) is 1.94. The van der Waals surface area contributed by atoms with E-state index in [0.29, 0.717) is 6.07 Å². The predicted octanol–water partition coefficient (Wildman–Crippen LogP) is 3.17. The van der Waals surface area contributed by atoms with E-state index in [1.54, 1.807) is 12.3 Å². The maximum atomic E-state index is 12.9. The summed E-state index contributed by atoms with van der Waals surface area (Å²) >= 11 is 16.0. The molecule has 0 atom stereocenters. The summed E-state index contributed by atoms with van der Waals surface area (Å²) < 4.78 is 37.9. The Morgan fingerprint density at radius 3 is 2.30 bits per heavy atom. The average Bonchev–Trinajstić information content (AvgIpc) is 2.57. The molecule has 0 fully saturated rings. The number of carbonyl (C=O) groups excluding carboxylic acids is 2. The van der Waals surface area contributed by atoms with Gasteiger partial charge in [-0.15, -0.1) is 0 Å². The molecule has 0 spiro atoms. The second-order valence-corrected chi connectivity index (χ2v) is 7.57. The maximum absolute atomic E-state index is 12.9. The number of hydrogen-bond acceptors (Lipinski definition) is 3. The highest BCUT2D eigenvalue weighted by Gasteiger charge is 2.32. The predicted molar refractivity (Wildman–Crippen MR) is 94.8 cm³/mol. The fourth-order valence-electron chi connectivity index (χ4n) is 2.25. The highest BCUT2D eigenvalue weighted by molar-refractivity contribution is 6.76. The molecule has 2 amide bonds. The number of alkyl halides is 6. The smallest absolute Gasteiger partial charge is 0.347 e. The lowest BCUT2D eigenvalue weighted by Gasteiger charge is -2.15. The molecule has 27 heavy (non-hydrogen) atoms. The molecule has 0 aliphatic heterocycles. The van der Waals surface area contributed by atoms with Gasteiger partial charge < -0.3 is 4.57 Å². The molecule has 12 heteroatoms.